The van der Waals surface area contributed by atoms with Gasteiger partial charge in [-0.15, -0.1) is 0 Å². The third-order valence-corrected chi connectivity index (χ3v) is 5.06. The molecule has 1 N–H and O–H groups in total. The van der Waals surface area contributed by atoms with Crippen LogP contribution < -0.4 is 10.9 Å². The van der Waals surface area contributed by atoms with Crippen molar-refractivity contribution in [1.82, 2.24) is 14.9 Å². The number of hydrogen-bond acceptors (Lipinski definition) is 4. The van der Waals surface area contributed by atoms with E-state index in [1.807, 2.05) is 32.0 Å². The highest BCUT2D eigenvalue weighted by Gasteiger charge is 2.17. The molecule has 5 nitrogen and oxygen atoms in total. The van der Waals surface area contributed by atoms with Gasteiger partial charge in [0.2, 0.25) is 5.91 Å². The molecule has 0 radical (unpaired) electrons. The van der Waals surface area contributed by atoms with Gasteiger partial charge in [-0.25, -0.2) is 4.98 Å². The zero-order valence-electron chi connectivity index (χ0n) is 14.8. The van der Waals surface area contributed by atoms with Crippen LogP contribution in [0.2, 0.25) is 0 Å². The number of fused-ring (bicyclic) bond motifs is 1. The Morgan fingerprint density at radius 3 is 2.83 bits per heavy atom. The average Bonchev–Trinajstić information content (AvgIpc) is 2.56. The van der Waals surface area contributed by atoms with Gasteiger partial charge in [0.1, 0.15) is 0 Å². The smallest absolute Gasteiger partial charge is 0.261 e. The van der Waals surface area contributed by atoms with E-state index in [1.165, 1.54) is 16.3 Å². The molecule has 0 saturated carbocycles. The highest BCUT2D eigenvalue weighted by molar-refractivity contribution is 8.00. The SMILES string of the molecule is CCCCCNC(=O)C(C)Sc1nc2ccc(C)cc2c(=O)n1C. The lowest BCUT2D eigenvalue weighted by Gasteiger charge is -2.14. The minimum absolute atomic E-state index is 0.0191. The number of aromatic nitrogens is 2. The molecule has 0 spiro atoms. The molecule has 0 bridgehead atoms. The van der Waals surface area contributed by atoms with Crippen LogP contribution in [0.25, 0.3) is 10.9 Å². The third-order valence-electron chi connectivity index (χ3n) is 3.92. The number of rotatable bonds is 7. The lowest BCUT2D eigenvalue weighted by molar-refractivity contribution is -0.120. The summed E-state index contributed by atoms with van der Waals surface area (Å²) in [5.74, 6) is -0.0191. The van der Waals surface area contributed by atoms with E-state index in [1.54, 1.807) is 7.05 Å². The fourth-order valence-electron chi connectivity index (χ4n) is 2.41. The molecule has 1 heterocycles. The molecular weight excluding hydrogens is 322 g/mol. The van der Waals surface area contributed by atoms with Gasteiger partial charge < -0.3 is 5.32 Å². The topological polar surface area (TPSA) is 64.0 Å². The van der Waals surface area contributed by atoms with Crippen molar-refractivity contribution >= 4 is 28.6 Å². The molecular formula is C18H25N3O2S. The van der Waals surface area contributed by atoms with Gasteiger partial charge in [0.25, 0.3) is 5.56 Å². The molecule has 1 atom stereocenters. The van der Waals surface area contributed by atoms with E-state index >= 15 is 0 Å². The number of carbonyl (C=O) groups is 1. The molecule has 2 aromatic rings. The van der Waals surface area contributed by atoms with Crippen LogP contribution in [0.1, 0.15) is 38.7 Å². The van der Waals surface area contributed by atoms with Gasteiger partial charge in [-0.05, 0) is 32.4 Å². The molecule has 2 rings (SSSR count). The normalized spacial score (nSPS) is 12.3. The van der Waals surface area contributed by atoms with Crippen molar-refractivity contribution in [3.05, 3.63) is 34.1 Å². The van der Waals surface area contributed by atoms with Crippen molar-refractivity contribution in [3.8, 4) is 0 Å². The Balaban J connectivity index is 2.14. The summed E-state index contributed by atoms with van der Waals surface area (Å²) in [5.41, 5.74) is 1.62. The second kappa shape index (κ2) is 8.33. The van der Waals surface area contributed by atoms with E-state index in [4.69, 9.17) is 0 Å². The predicted molar refractivity (Wildman–Crippen MR) is 99.6 cm³/mol. The van der Waals surface area contributed by atoms with E-state index in [0.717, 1.165) is 24.8 Å². The van der Waals surface area contributed by atoms with Crippen LogP contribution in [-0.2, 0) is 11.8 Å². The van der Waals surface area contributed by atoms with Crippen LogP contribution in [0, 0.1) is 6.92 Å². The van der Waals surface area contributed by atoms with Crippen LogP contribution in [-0.4, -0.2) is 27.3 Å². The van der Waals surface area contributed by atoms with Crippen LogP contribution >= 0.6 is 11.8 Å². The van der Waals surface area contributed by atoms with Gasteiger partial charge in [-0.1, -0.05) is 43.2 Å². The van der Waals surface area contributed by atoms with Gasteiger partial charge in [0, 0.05) is 13.6 Å². The first kappa shape index (κ1) is 18.5. The van der Waals surface area contributed by atoms with Crippen molar-refractivity contribution in [2.24, 2.45) is 7.05 Å². The molecule has 6 heteroatoms. The van der Waals surface area contributed by atoms with Crippen molar-refractivity contribution < 1.29 is 4.79 Å². The molecule has 1 unspecified atom stereocenters. The fourth-order valence-corrected chi connectivity index (χ4v) is 3.31. The van der Waals surface area contributed by atoms with Crippen molar-refractivity contribution in [2.75, 3.05) is 6.54 Å². The maximum absolute atomic E-state index is 12.5. The lowest BCUT2D eigenvalue weighted by atomic mass is 10.2. The van der Waals surface area contributed by atoms with Crippen molar-refractivity contribution in [3.63, 3.8) is 0 Å². The Bertz CT molecular complexity index is 786. The van der Waals surface area contributed by atoms with Gasteiger partial charge in [0.05, 0.1) is 16.2 Å². The predicted octanol–water partition coefficient (Wildman–Crippen LogP) is 3.03. The molecule has 1 aromatic carbocycles. The summed E-state index contributed by atoms with van der Waals surface area (Å²) < 4.78 is 1.52. The second-order valence-corrected chi connectivity index (χ2v) is 7.35. The quantitative estimate of drug-likeness (QED) is 0.475. The molecule has 0 aliphatic heterocycles. The maximum Gasteiger partial charge on any atom is 0.261 e. The molecule has 1 aromatic heterocycles. The minimum atomic E-state index is -0.298. The summed E-state index contributed by atoms with van der Waals surface area (Å²) in [6, 6.07) is 5.64. The zero-order valence-corrected chi connectivity index (χ0v) is 15.6. The molecule has 0 aliphatic rings. The van der Waals surface area contributed by atoms with Gasteiger partial charge in [-0.3, -0.25) is 14.2 Å². The Morgan fingerprint density at radius 2 is 2.12 bits per heavy atom. The van der Waals surface area contributed by atoms with E-state index < -0.39 is 0 Å². The first-order chi connectivity index (χ1) is 11.4. The molecule has 0 aliphatic carbocycles. The number of nitrogens with zero attached hydrogens (tertiary/aromatic N) is 2. The highest BCUT2D eigenvalue weighted by atomic mass is 32.2. The Hall–Kier alpha value is -1.82. The Morgan fingerprint density at radius 1 is 1.38 bits per heavy atom. The average molecular weight is 347 g/mol. The number of unbranched alkanes of at least 4 members (excludes halogenated alkanes) is 2. The lowest BCUT2D eigenvalue weighted by Crippen LogP contribution is -2.32. The standard InChI is InChI=1S/C18H25N3O2S/c1-5-6-7-10-19-16(22)13(3)24-18-20-15-9-8-12(2)11-14(15)17(23)21(18)4/h8-9,11,13H,5-7,10H2,1-4H3,(H,19,22). The third kappa shape index (κ3) is 4.38. The van der Waals surface area contributed by atoms with Gasteiger partial charge in [0.15, 0.2) is 5.16 Å². The maximum atomic E-state index is 12.5. The van der Waals surface area contributed by atoms with Crippen LogP contribution in [0.5, 0.6) is 0 Å². The van der Waals surface area contributed by atoms with Crippen LogP contribution in [0.3, 0.4) is 0 Å². The highest BCUT2D eigenvalue weighted by Crippen LogP contribution is 2.22. The summed E-state index contributed by atoms with van der Waals surface area (Å²) in [5, 5.41) is 3.82. The number of amides is 1. The fraction of sp³-hybridized carbons (Fsp3) is 0.500. The van der Waals surface area contributed by atoms with Gasteiger partial charge >= 0.3 is 0 Å². The first-order valence-corrected chi connectivity index (χ1v) is 9.23. The summed E-state index contributed by atoms with van der Waals surface area (Å²) >= 11 is 1.32. The summed E-state index contributed by atoms with van der Waals surface area (Å²) in [6.45, 7) is 6.62. The number of benzene rings is 1. The molecule has 130 valence electrons. The summed E-state index contributed by atoms with van der Waals surface area (Å²) in [6.07, 6.45) is 3.23. The van der Waals surface area contributed by atoms with E-state index in [9.17, 15) is 9.59 Å². The van der Waals surface area contributed by atoms with Crippen LogP contribution in [0.4, 0.5) is 0 Å². The number of carbonyl (C=O) groups excluding carboxylic acids is 1. The first-order valence-electron chi connectivity index (χ1n) is 8.35. The second-order valence-electron chi connectivity index (χ2n) is 6.04. The zero-order chi connectivity index (χ0) is 17.7. The van der Waals surface area contributed by atoms with Crippen molar-refractivity contribution in [1.29, 1.82) is 0 Å². The summed E-state index contributed by atoms with van der Waals surface area (Å²) in [7, 11) is 1.70. The minimum Gasteiger partial charge on any atom is -0.355 e. The molecule has 0 saturated heterocycles. The van der Waals surface area contributed by atoms with Crippen molar-refractivity contribution in [2.45, 2.75) is 50.4 Å². The Kier molecular flexibility index (Phi) is 6.43. The van der Waals surface area contributed by atoms with E-state index in [0.29, 0.717) is 22.6 Å². The number of hydrogen-bond donors (Lipinski definition) is 1. The number of thioether (sulfide) groups is 1. The Labute approximate surface area is 146 Å². The van der Waals surface area contributed by atoms with Crippen LogP contribution in [0.15, 0.2) is 28.2 Å². The van der Waals surface area contributed by atoms with Gasteiger partial charge in [-0.2, -0.15) is 0 Å². The number of nitrogens with one attached hydrogen (secondary N) is 1. The monoisotopic (exact) mass is 347 g/mol. The molecule has 0 fully saturated rings. The largest absolute Gasteiger partial charge is 0.355 e. The van der Waals surface area contributed by atoms with E-state index in [2.05, 4.69) is 17.2 Å². The molecule has 1 amide bonds. The van der Waals surface area contributed by atoms with E-state index in [-0.39, 0.29) is 16.7 Å². The summed E-state index contributed by atoms with van der Waals surface area (Å²) in [4.78, 5) is 29.2. The molecule has 24 heavy (non-hydrogen) atoms. The number of aryl methyl sites for hydroxylation is 1.